The largest absolute Gasteiger partial charge is 0.496 e. The highest BCUT2D eigenvalue weighted by Crippen LogP contribution is 2.42. The van der Waals surface area contributed by atoms with Gasteiger partial charge in [-0.2, -0.15) is 13.2 Å². The highest BCUT2D eigenvalue weighted by atomic mass is 19.4. The summed E-state index contributed by atoms with van der Waals surface area (Å²) >= 11 is 0. The maximum Gasteiger partial charge on any atom is 0.425 e. The van der Waals surface area contributed by atoms with Crippen molar-refractivity contribution >= 4 is 5.97 Å². The van der Waals surface area contributed by atoms with Gasteiger partial charge in [0.25, 0.3) is 0 Å². The van der Waals surface area contributed by atoms with Crippen LogP contribution < -0.4 is 4.74 Å². The van der Waals surface area contributed by atoms with Crippen LogP contribution in [-0.2, 0) is 4.74 Å². The van der Waals surface area contributed by atoms with Gasteiger partial charge in [-0.05, 0) is 90.8 Å². The molecular weight excluding hydrogens is 597 g/mol. The lowest BCUT2D eigenvalue weighted by atomic mass is 9.77. The molecule has 1 atom stereocenters. The molecule has 1 saturated carbocycles. The number of hydrogen-bond acceptors (Lipinski definition) is 3. The van der Waals surface area contributed by atoms with Crippen LogP contribution in [0.15, 0.2) is 66.7 Å². The molecule has 0 heterocycles. The van der Waals surface area contributed by atoms with Crippen LogP contribution in [0.2, 0.25) is 0 Å². The topological polar surface area (TPSA) is 35.5 Å². The van der Waals surface area contributed by atoms with Gasteiger partial charge in [-0.3, -0.25) is 0 Å². The second-order valence-electron chi connectivity index (χ2n) is 13.3. The molecule has 0 N–H and O–H groups in total. The van der Waals surface area contributed by atoms with E-state index in [1.807, 2.05) is 25.1 Å². The summed E-state index contributed by atoms with van der Waals surface area (Å²) in [4.78, 5) is 12.8. The molecule has 1 fully saturated rings. The van der Waals surface area contributed by atoms with Gasteiger partial charge in [0.15, 0.2) is 6.10 Å². The number of rotatable bonds is 17. The van der Waals surface area contributed by atoms with Gasteiger partial charge in [-0.1, -0.05) is 120 Å². The molecule has 6 heteroatoms. The first-order valence-corrected chi connectivity index (χ1v) is 17.9. The third-order valence-corrected chi connectivity index (χ3v) is 9.85. The van der Waals surface area contributed by atoms with Crippen LogP contribution in [0.1, 0.15) is 132 Å². The number of carbonyl (C=O) groups excluding carboxylic acids is 1. The number of methoxy groups -OCH3 is 1. The van der Waals surface area contributed by atoms with Crippen LogP contribution in [-0.4, -0.2) is 25.4 Å². The van der Waals surface area contributed by atoms with Gasteiger partial charge in [0, 0.05) is 5.56 Å². The molecule has 0 spiro atoms. The van der Waals surface area contributed by atoms with E-state index in [1.165, 1.54) is 81.9 Å². The standard InChI is InChI=1S/C41H53F3O3/c1-4-6-8-10-11-14-30-18-20-31(21-19-30)32-22-24-33(25-23-32)36-15-13-16-37(46-3)39(36)34-26-28-35(29-27-34)40(45)47-38(41(42,43)44)17-12-9-7-5-2/h13,15-16,22-31,38H,4-12,14,17-21H2,1-3H3/t30?,31?,38-/m1/s1. The minimum atomic E-state index is -4.60. The van der Waals surface area contributed by atoms with Crippen molar-refractivity contribution in [3.8, 4) is 28.0 Å². The van der Waals surface area contributed by atoms with E-state index in [9.17, 15) is 18.0 Å². The summed E-state index contributed by atoms with van der Waals surface area (Å²) in [6.45, 7) is 4.26. The number of esters is 1. The van der Waals surface area contributed by atoms with Crippen LogP contribution in [0.3, 0.4) is 0 Å². The Balaban J connectivity index is 1.44. The Hall–Kier alpha value is -3.28. The molecule has 0 amide bonds. The summed E-state index contributed by atoms with van der Waals surface area (Å²) in [5.74, 6) is 1.19. The first-order chi connectivity index (χ1) is 22.7. The molecule has 1 aliphatic rings. The van der Waals surface area contributed by atoms with Crippen molar-refractivity contribution in [3.05, 3.63) is 77.9 Å². The second kappa shape index (κ2) is 18.3. The monoisotopic (exact) mass is 650 g/mol. The number of halogens is 3. The molecular formula is C41H53F3O3. The highest BCUT2D eigenvalue weighted by Gasteiger charge is 2.42. The summed E-state index contributed by atoms with van der Waals surface area (Å²) in [6, 6.07) is 21.3. The molecule has 47 heavy (non-hydrogen) atoms. The number of hydrogen-bond donors (Lipinski definition) is 0. The molecule has 0 unspecified atom stereocenters. The molecule has 3 nitrogen and oxygen atoms in total. The Morgan fingerprint density at radius 1 is 0.766 bits per heavy atom. The fraction of sp³-hybridized carbons (Fsp3) is 0.537. The average molecular weight is 651 g/mol. The number of alkyl halides is 3. The first kappa shape index (κ1) is 36.6. The fourth-order valence-corrected chi connectivity index (χ4v) is 7.01. The molecule has 0 radical (unpaired) electrons. The van der Waals surface area contributed by atoms with E-state index < -0.39 is 18.2 Å². The first-order valence-electron chi connectivity index (χ1n) is 17.9. The smallest absolute Gasteiger partial charge is 0.425 e. The zero-order chi connectivity index (χ0) is 33.6. The minimum absolute atomic E-state index is 0.0866. The van der Waals surface area contributed by atoms with E-state index in [4.69, 9.17) is 9.47 Å². The predicted octanol–water partition coefficient (Wildman–Crippen LogP) is 12.7. The summed E-state index contributed by atoms with van der Waals surface area (Å²) in [5, 5.41) is 0. The van der Waals surface area contributed by atoms with Crippen molar-refractivity contribution < 1.29 is 27.4 Å². The maximum atomic E-state index is 13.6. The van der Waals surface area contributed by atoms with Crippen molar-refractivity contribution in [2.45, 2.75) is 128 Å². The Morgan fingerprint density at radius 2 is 1.38 bits per heavy atom. The molecule has 3 aromatic rings. The van der Waals surface area contributed by atoms with Crippen LogP contribution in [0, 0.1) is 5.92 Å². The van der Waals surface area contributed by atoms with Gasteiger partial charge in [0.1, 0.15) is 5.75 Å². The number of ether oxygens (including phenoxy) is 2. The van der Waals surface area contributed by atoms with Gasteiger partial charge in [-0.15, -0.1) is 0 Å². The lowest BCUT2D eigenvalue weighted by Crippen LogP contribution is -2.33. The lowest BCUT2D eigenvalue weighted by molar-refractivity contribution is -0.206. The van der Waals surface area contributed by atoms with E-state index in [1.54, 1.807) is 19.2 Å². The summed E-state index contributed by atoms with van der Waals surface area (Å²) in [7, 11) is 1.62. The summed E-state index contributed by atoms with van der Waals surface area (Å²) < 4.78 is 51.5. The van der Waals surface area contributed by atoms with Gasteiger partial charge in [-0.25, -0.2) is 4.79 Å². The number of carbonyl (C=O) groups is 1. The van der Waals surface area contributed by atoms with E-state index in [0.717, 1.165) is 41.0 Å². The maximum absolute atomic E-state index is 13.6. The average Bonchev–Trinajstić information content (AvgIpc) is 3.09. The second-order valence-corrected chi connectivity index (χ2v) is 13.3. The number of unbranched alkanes of at least 4 members (excludes halogenated alkanes) is 7. The van der Waals surface area contributed by atoms with E-state index in [2.05, 4.69) is 31.2 Å². The predicted molar refractivity (Wildman–Crippen MR) is 186 cm³/mol. The van der Waals surface area contributed by atoms with Crippen LogP contribution in [0.4, 0.5) is 13.2 Å². The summed E-state index contributed by atoms with van der Waals surface area (Å²) in [5.41, 5.74) is 5.20. The molecule has 4 rings (SSSR count). The SMILES string of the molecule is CCCCCCCC1CCC(c2ccc(-c3cccc(OC)c3-c3ccc(C(=O)O[C@H](CCCCCC)C(F)(F)F)cc3)cc2)CC1. The zero-order valence-corrected chi connectivity index (χ0v) is 28.5. The van der Waals surface area contributed by atoms with Gasteiger partial charge >= 0.3 is 12.1 Å². The lowest BCUT2D eigenvalue weighted by Gasteiger charge is -2.29. The third kappa shape index (κ3) is 10.6. The Bertz CT molecular complexity index is 1360. The van der Waals surface area contributed by atoms with E-state index in [0.29, 0.717) is 24.5 Å². The quantitative estimate of drug-likeness (QED) is 0.108. The molecule has 0 aromatic heterocycles. The van der Waals surface area contributed by atoms with Crippen molar-refractivity contribution in [2.24, 2.45) is 5.92 Å². The molecule has 0 saturated heterocycles. The normalized spacial score (nSPS) is 17.3. The Morgan fingerprint density at radius 3 is 2.00 bits per heavy atom. The fourth-order valence-electron chi connectivity index (χ4n) is 7.01. The van der Waals surface area contributed by atoms with Gasteiger partial charge in [0.05, 0.1) is 12.7 Å². The minimum Gasteiger partial charge on any atom is -0.496 e. The van der Waals surface area contributed by atoms with Crippen LogP contribution >= 0.6 is 0 Å². The molecule has 256 valence electrons. The Kier molecular flexibility index (Phi) is 14.2. The zero-order valence-electron chi connectivity index (χ0n) is 28.5. The van der Waals surface area contributed by atoms with E-state index in [-0.39, 0.29) is 12.0 Å². The van der Waals surface area contributed by atoms with Gasteiger partial charge < -0.3 is 9.47 Å². The third-order valence-electron chi connectivity index (χ3n) is 9.85. The Labute approximate surface area is 280 Å². The van der Waals surface area contributed by atoms with Crippen molar-refractivity contribution in [3.63, 3.8) is 0 Å². The number of benzene rings is 3. The molecule has 0 aliphatic heterocycles. The van der Waals surface area contributed by atoms with Crippen LogP contribution in [0.25, 0.3) is 22.3 Å². The highest BCUT2D eigenvalue weighted by molar-refractivity contribution is 5.92. The van der Waals surface area contributed by atoms with Crippen LogP contribution in [0.5, 0.6) is 5.75 Å². The summed E-state index contributed by atoms with van der Waals surface area (Å²) in [6.07, 6.45) is 9.18. The van der Waals surface area contributed by atoms with E-state index >= 15 is 0 Å². The molecule has 3 aromatic carbocycles. The van der Waals surface area contributed by atoms with Crippen molar-refractivity contribution in [2.75, 3.05) is 7.11 Å². The van der Waals surface area contributed by atoms with Crippen molar-refractivity contribution in [1.82, 2.24) is 0 Å². The van der Waals surface area contributed by atoms with Gasteiger partial charge in [0.2, 0.25) is 0 Å². The van der Waals surface area contributed by atoms with Crippen molar-refractivity contribution in [1.29, 1.82) is 0 Å². The molecule has 0 bridgehead atoms. The molecule has 1 aliphatic carbocycles.